The highest BCUT2D eigenvalue weighted by Crippen LogP contribution is 2.42. The van der Waals surface area contributed by atoms with Crippen LogP contribution in [-0.2, 0) is 14.8 Å². The molecule has 0 aliphatic carbocycles. The van der Waals surface area contributed by atoms with Crippen molar-refractivity contribution in [3.63, 3.8) is 0 Å². The summed E-state index contributed by atoms with van der Waals surface area (Å²) in [6, 6.07) is 9.27. The molecule has 2 N–H and O–H groups in total. The quantitative estimate of drug-likeness (QED) is 0.596. The lowest BCUT2D eigenvalue weighted by atomic mass is 9.99. The summed E-state index contributed by atoms with van der Waals surface area (Å²) in [5.41, 5.74) is 2.19. The van der Waals surface area contributed by atoms with E-state index in [2.05, 4.69) is 0 Å². The number of benzene rings is 2. The molecular weight excluding hydrogens is 420 g/mol. The topological polar surface area (TPSA) is 86.5 Å². The van der Waals surface area contributed by atoms with Gasteiger partial charge in [-0.05, 0) is 54.8 Å². The standard InChI is InChI=1S/C20H17F2NO4S2/c1-3-27-20(24)19-17(12-4-7-14(8-5-12)29(23,25)26)11(2)18(28-19)13-6-9-15(21)16(22)10-13/h4-10H,3H2,1-2H3,(H2,23,25,26). The van der Waals surface area contributed by atoms with Crippen molar-refractivity contribution in [3.05, 3.63) is 64.5 Å². The molecule has 9 heteroatoms. The molecule has 0 aliphatic heterocycles. The molecule has 0 spiro atoms. The Morgan fingerprint density at radius 3 is 2.24 bits per heavy atom. The third-order valence-electron chi connectivity index (χ3n) is 4.26. The van der Waals surface area contributed by atoms with Gasteiger partial charge < -0.3 is 4.74 Å². The van der Waals surface area contributed by atoms with Crippen LogP contribution in [-0.4, -0.2) is 21.0 Å². The van der Waals surface area contributed by atoms with E-state index in [-0.39, 0.29) is 16.4 Å². The minimum atomic E-state index is -3.86. The van der Waals surface area contributed by atoms with E-state index in [0.29, 0.717) is 27.1 Å². The Morgan fingerprint density at radius 1 is 1.07 bits per heavy atom. The summed E-state index contributed by atoms with van der Waals surface area (Å²) >= 11 is 1.10. The molecule has 0 radical (unpaired) electrons. The molecule has 0 fully saturated rings. The number of esters is 1. The van der Waals surface area contributed by atoms with Crippen molar-refractivity contribution in [2.24, 2.45) is 5.14 Å². The molecule has 0 saturated carbocycles. The van der Waals surface area contributed by atoms with E-state index in [1.807, 2.05) is 0 Å². The summed E-state index contributed by atoms with van der Waals surface area (Å²) in [6.07, 6.45) is 0. The van der Waals surface area contributed by atoms with E-state index in [0.717, 1.165) is 23.5 Å². The first kappa shape index (κ1) is 21.1. The number of primary sulfonamides is 1. The van der Waals surface area contributed by atoms with Crippen LogP contribution in [0.15, 0.2) is 47.4 Å². The molecule has 3 rings (SSSR count). The number of carbonyl (C=O) groups is 1. The summed E-state index contributed by atoms with van der Waals surface area (Å²) < 4.78 is 55.2. The van der Waals surface area contributed by atoms with Crippen LogP contribution >= 0.6 is 11.3 Å². The highest BCUT2D eigenvalue weighted by Gasteiger charge is 2.24. The van der Waals surface area contributed by atoms with Crippen molar-refractivity contribution in [2.75, 3.05) is 6.61 Å². The van der Waals surface area contributed by atoms with Crippen LogP contribution in [0.2, 0.25) is 0 Å². The first-order valence-electron chi connectivity index (χ1n) is 8.52. The van der Waals surface area contributed by atoms with E-state index in [9.17, 15) is 22.0 Å². The van der Waals surface area contributed by atoms with Gasteiger partial charge in [-0.3, -0.25) is 0 Å². The third kappa shape index (κ3) is 4.21. The molecule has 0 saturated heterocycles. The Morgan fingerprint density at radius 2 is 1.69 bits per heavy atom. The lowest BCUT2D eigenvalue weighted by molar-refractivity contribution is 0.0533. The van der Waals surface area contributed by atoms with Crippen LogP contribution in [0.3, 0.4) is 0 Å². The summed E-state index contributed by atoms with van der Waals surface area (Å²) in [5, 5.41) is 5.13. The number of rotatable bonds is 5. The van der Waals surface area contributed by atoms with Crippen molar-refractivity contribution in [2.45, 2.75) is 18.7 Å². The molecule has 0 atom stereocenters. The van der Waals surface area contributed by atoms with Crippen molar-refractivity contribution in [1.82, 2.24) is 0 Å². The average Bonchev–Trinajstić information content (AvgIpc) is 3.01. The van der Waals surface area contributed by atoms with Gasteiger partial charge in [0, 0.05) is 10.4 Å². The van der Waals surface area contributed by atoms with Crippen molar-refractivity contribution < 1.29 is 26.7 Å². The highest BCUT2D eigenvalue weighted by atomic mass is 32.2. The van der Waals surface area contributed by atoms with Gasteiger partial charge >= 0.3 is 5.97 Å². The lowest BCUT2D eigenvalue weighted by Crippen LogP contribution is -2.11. The highest BCUT2D eigenvalue weighted by molar-refractivity contribution is 7.89. The van der Waals surface area contributed by atoms with Gasteiger partial charge in [-0.2, -0.15) is 0 Å². The molecule has 29 heavy (non-hydrogen) atoms. The molecule has 3 aromatic rings. The average molecular weight is 437 g/mol. The number of thiophene rings is 1. The maximum Gasteiger partial charge on any atom is 0.348 e. The predicted octanol–water partition coefficient (Wildman–Crippen LogP) is 4.49. The zero-order chi connectivity index (χ0) is 21.3. The van der Waals surface area contributed by atoms with Crippen molar-refractivity contribution >= 4 is 27.3 Å². The molecule has 2 aromatic carbocycles. The maximum atomic E-state index is 13.7. The van der Waals surface area contributed by atoms with Gasteiger partial charge in [0.05, 0.1) is 11.5 Å². The summed E-state index contributed by atoms with van der Waals surface area (Å²) in [4.78, 5) is 13.3. The minimum absolute atomic E-state index is 0.0624. The zero-order valence-electron chi connectivity index (χ0n) is 15.5. The smallest absolute Gasteiger partial charge is 0.348 e. The van der Waals surface area contributed by atoms with Crippen molar-refractivity contribution in [3.8, 4) is 21.6 Å². The van der Waals surface area contributed by atoms with Crippen molar-refractivity contribution in [1.29, 1.82) is 0 Å². The second-order valence-electron chi connectivity index (χ2n) is 6.18. The Labute approximate surface area is 170 Å². The molecule has 1 aromatic heterocycles. The SMILES string of the molecule is CCOC(=O)c1sc(-c2ccc(F)c(F)c2)c(C)c1-c1ccc(S(N)(=O)=O)cc1. The number of sulfonamides is 1. The molecule has 0 aliphatic rings. The minimum Gasteiger partial charge on any atom is -0.462 e. The van der Waals surface area contributed by atoms with E-state index in [1.54, 1.807) is 13.8 Å². The van der Waals surface area contributed by atoms with Crippen LogP contribution in [0.4, 0.5) is 8.78 Å². The molecule has 152 valence electrons. The maximum absolute atomic E-state index is 13.7. The van der Waals surface area contributed by atoms with Crippen LogP contribution in [0.1, 0.15) is 22.2 Å². The zero-order valence-corrected chi connectivity index (χ0v) is 17.2. The van der Waals surface area contributed by atoms with Crippen LogP contribution < -0.4 is 5.14 Å². The van der Waals surface area contributed by atoms with Crippen LogP contribution in [0.25, 0.3) is 21.6 Å². The normalized spacial score (nSPS) is 11.5. The lowest BCUT2D eigenvalue weighted by Gasteiger charge is -2.07. The van der Waals surface area contributed by atoms with E-state index < -0.39 is 27.6 Å². The van der Waals surface area contributed by atoms with Gasteiger partial charge in [0.2, 0.25) is 10.0 Å². The van der Waals surface area contributed by atoms with E-state index >= 15 is 0 Å². The number of carbonyl (C=O) groups excluding carboxylic acids is 1. The summed E-state index contributed by atoms with van der Waals surface area (Å²) in [6.45, 7) is 3.59. The fourth-order valence-electron chi connectivity index (χ4n) is 2.93. The number of hydrogen-bond acceptors (Lipinski definition) is 5. The molecule has 0 amide bonds. The van der Waals surface area contributed by atoms with Gasteiger partial charge in [-0.1, -0.05) is 18.2 Å². The first-order valence-corrected chi connectivity index (χ1v) is 10.9. The Kier molecular flexibility index (Phi) is 5.83. The second kappa shape index (κ2) is 8.02. The number of halogens is 2. The summed E-state index contributed by atoms with van der Waals surface area (Å²) in [7, 11) is -3.86. The number of ether oxygens (including phenoxy) is 1. The molecule has 5 nitrogen and oxygen atoms in total. The van der Waals surface area contributed by atoms with Gasteiger partial charge in [0.15, 0.2) is 11.6 Å². The second-order valence-corrected chi connectivity index (χ2v) is 8.76. The molecule has 0 bridgehead atoms. The Balaban J connectivity index is 2.20. The summed E-state index contributed by atoms with van der Waals surface area (Å²) in [5.74, 6) is -2.51. The van der Waals surface area contributed by atoms with E-state index in [4.69, 9.17) is 9.88 Å². The molecule has 1 heterocycles. The third-order valence-corrected chi connectivity index (χ3v) is 6.51. The Hall–Kier alpha value is -2.62. The Bertz CT molecular complexity index is 1190. The van der Waals surface area contributed by atoms with Gasteiger partial charge in [-0.25, -0.2) is 27.1 Å². The van der Waals surface area contributed by atoms with Crippen LogP contribution in [0, 0.1) is 18.6 Å². The van der Waals surface area contributed by atoms with Gasteiger partial charge in [-0.15, -0.1) is 11.3 Å². The molecular formula is C20H17F2NO4S2. The number of nitrogens with two attached hydrogens (primary N) is 1. The monoisotopic (exact) mass is 437 g/mol. The fourth-order valence-corrected chi connectivity index (χ4v) is 4.66. The predicted molar refractivity (Wildman–Crippen MR) is 107 cm³/mol. The molecule has 0 unspecified atom stereocenters. The van der Waals surface area contributed by atoms with Gasteiger partial charge in [0.1, 0.15) is 4.88 Å². The van der Waals surface area contributed by atoms with E-state index in [1.165, 1.54) is 30.3 Å². The largest absolute Gasteiger partial charge is 0.462 e. The number of hydrogen-bond donors (Lipinski definition) is 1. The fraction of sp³-hybridized carbons (Fsp3) is 0.150. The van der Waals surface area contributed by atoms with Gasteiger partial charge in [0.25, 0.3) is 0 Å². The van der Waals surface area contributed by atoms with Crippen LogP contribution in [0.5, 0.6) is 0 Å². The first-order chi connectivity index (χ1) is 13.6.